The van der Waals surface area contributed by atoms with Gasteiger partial charge in [-0.15, -0.1) is 0 Å². The molecule has 0 heterocycles. The molecule has 0 aromatic heterocycles. The Labute approximate surface area is 90.8 Å². The summed E-state index contributed by atoms with van der Waals surface area (Å²) < 4.78 is 0. The number of hydrogen-bond donors (Lipinski definition) is 2. The first-order valence-electron chi connectivity index (χ1n) is 6.06. The van der Waals surface area contributed by atoms with E-state index >= 15 is 0 Å². The van der Waals surface area contributed by atoms with E-state index in [0.717, 1.165) is 31.1 Å². The summed E-state index contributed by atoms with van der Waals surface area (Å²) in [5.74, 6) is 7.01. The summed E-state index contributed by atoms with van der Waals surface area (Å²) in [5.41, 5.74) is 2.72. The molecule has 3 heteroatoms. The van der Waals surface area contributed by atoms with Gasteiger partial charge in [-0.2, -0.15) is 0 Å². The lowest BCUT2D eigenvalue weighted by atomic mass is 9.44. The first kappa shape index (κ1) is 9.64. The lowest BCUT2D eigenvalue weighted by Gasteiger charge is -2.60. The predicted molar refractivity (Wildman–Crippen MR) is 57.6 cm³/mol. The number of hydrogen-bond acceptors (Lipinski definition) is 2. The van der Waals surface area contributed by atoms with E-state index in [1.165, 1.54) is 19.3 Å². The second-order valence-electron chi connectivity index (χ2n) is 6.53. The third-order valence-corrected chi connectivity index (χ3v) is 4.97. The monoisotopic (exact) mass is 208 g/mol. The molecule has 4 saturated carbocycles. The third-order valence-electron chi connectivity index (χ3n) is 4.97. The molecule has 4 bridgehead atoms. The number of amides is 1. The zero-order valence-corrected chi connectivity index (χ0v) is 9.38. The Bertz CT molecular complexity index is 299. The quantitative estimate of drug-likeness (QED) is 0.390. The second kappa shape index (κ2) is 2.76. The van der Waals surface area contributed by atoms with Gasteiger partial charge in [0.25, 0.3) is 0 Å². The van der Waals surface area contributed by atoms with Gasteiger partial charge in [-0.1, -0.05) is 6.92 Å². The van der Waals surface area contributed by atoms with Crippen molar-refractivity contribution in [2.75, 3.05) is 0 Å². The molecule has 0 radical (unpaired) electrons. The average Bonchev–Trinajstić information content (AvgIpc) is 2.12. The van der Waals surface area contributed by atoms with Crippen LogP contribution in [0.5, 0.6) is 0 Å². The molecule has 4 rings (SSSR count). The zero-order chi connectivity index (χ0) is 10.7. The Balaban J connectivity index is 1.96. The fourth-order valence-corrected chi connectivity index (χ4v) is 5.14. The number of nitrogens with two attached hydrogens (primary N) is 1. The molecular formula is C12H20N2O. The molecule has 4 fully saturated rings. The van der Waals surface area contributed by atoms with Gasteiger partial charge in [0.05, 0.1) is 5.41 Å². The van der Waals surface area contributed by atoms with Crippen molar-refractivity contribution in [1.29, 1.82) is 0 Å². The largest absolute Gasteiger partial charge is 0.294 e. The molecule has 0 aromatic carbocycles. The van der Waals surface area contributed by atoms with Crippen LogP contribution >= 0.6 is 0 Å². The van der Waals surface area contributed by atoms with E-state index in [-0.39, 0.29) is 11.3 Å². The predicted octanol–water partition coefficient (Wildman–Crippen LogP) is 1.58. The van der Waals surface area contributed by atoms with E-state index < -0.39 is 0 Å². The highest BCUT2D eigenvalue weighted by atomic mass is 16.2. The molecule has 3 N–H and O–H groups in total. The first-order valence-corrected chi connectivity index (χ1v) is 6.06. The SMILES string of the molecule is CC12C[C@H]3C[C@H](C1)CC(C(=O)NN)(C3)C2. The summed E-state index contributed by atoms with van der Waals surface area (Å²) in [7, 11) is 0. The van der Waals surface area contributed by atoms with E-state index in [1.807, 2.05) is 0 Å². The average molecular weight is 208 g/mol. The molecule has 0 aromatic rings. The highest BCUT2D eigenvalue weighted by Gasteiger charge is 2.58. The van der Waals surface area contributed by atoms with Crippen molar-refractivity contribution in [3.63, 3.8) is 0 Å². The molecule has 0 unspecified atom stereocenters. The molecule has 0 aliphatic heterocycles. The first-order chi connectivity index (χ1) is 7.05. The fraction of sp³-hybridized carbons (Fsp3) is 0.917. The second-order valence-corrected chi connectivity index (χ2v) is 6.53. The molecule has 0 saturated heterocycles. The highest BCUT2D eigenvalue weighted by molar-refractivity contribution is 5.82. The summed E-state index contributed by atoms with van der Waals surface area (Å²) in [6.07, 6.45) is 7.27. The molecule has 0 spiro atoms. The highest BCUT2D eigenvalue weighted by Crippen LogP contribution is 2.65. The maximum atomic E-state index is 12.0. The van der Waals surface area contributed by atoms with Gasteiger partial charge in [0.15, 0.2) is 0 Å². The summed E-state index contributed by atoms with van der Waals surface area (Å²) in [6.45, 7) is 2.36. The minimum atomic E-state index is -0.104. The van der Waals surface area contributed by atoms with Gasteiger partial charge < -0.3 is 0 Å². The molecule has 3 nitrogen and oxygen atoms in total. The topological polar surface area (TPSA) is 55.1 Å². The van der Waals surface area contributed by atoms with Gasteiger partial charge in [-0.05, 0) is 55.8 Å². The van der Waals surface area contributed by atoms with Crippen molar-refractivity contribution in [1.82, 2.24) is 5.43 Å². The summed E-state index contributed by atoms with van der Waals surface area (Å²) >= 11 is 0. The van der Waals surface area contributed by atoms with Crippen LogP contribution in [-0.2, 0) is 4.79 Å². The lowest BCUT2D eigenvalue weighted by molar-refractivity contribution is -0.155. The van der Waals surface area contributed by atoms with E-state index in [2.05, 4.69) is 12.3 Å². The van der Waals surface area contributed by atoms with Gasteiger partial charge in [0.1, 0.15) is 0 Å². The van der Waals surface area contributed by atoms with Crippen LogP contribution in [0.25, 0.3) is 0 Å². The van der Waals surface area contributed by atoms with Gasteiger partial charge in [-0.3, -0.25) is 10.2 Å². The Morgan fingerprint density at radius 1 is 1.27 bits per heavy atom. The summed E-state index contributed by atoms with van der Waals surface area (Å²) in [5, 5.41) is 0. The van der Waals surface area contributed by atoms with Crippen LogP contribution in [-0.4, -0.2) is 5.91 Å². The molecular weight excluding hydrogens is 188 g/mol. The number of carbonyl (C=O) groups is 1. The third kappa shape index (κ3) is 1.25. The molecule has 1 amide bonds. The molecule has 84 valence electrons. The molecule has 4 aliphatic rings. The Hall–Kier alpha value is -0.570. The summed E-state index contributed by atoms with van der Waals surface area (Å²) in [4.78, 5) is 12.0. The van der Waals surface area contributed by atoms with Gasteiger partial charge in [0, 0.05) is 0 Å². The van der Waals surface area contributed by atoms with Crippen LogP contribution in [0.3, 0.4) is 0 Å². The molecule has 15 heavy (non-hydrogen) atoms. The Morgan fingerprint density at radius 2 is 1.87 bits per heavy atom. The Kier molecular flexibility index (Phi) is 1.77. The van der Waals surface area contributed by atoms with Crippen LogP contribution in [0.4, 0.5) is 0 Å². The number of carbonyl (C=O) groups excluding carboxylic acids is 1. The molecule has 4 aliphatic carbocycles. The number of rotatable bonds is 1. The standard InChI is InChI=1S/C12H20N2O/c1-11-3-8-2-9(4-11)6-12(5-8,7-11)10(15)14-13/h8-9H,2-7,13H2,1H3,(H,14,15)/t8-,9-,11?,12?/m1/s1. The zero-order valence-electron chi connectivity index (χ0n) is 9.38. The molecule has 2 atom stereocenters. The van der Waals surface area contributed by atoms with Gasteiger partial charge >= 0.3 is 0 Å². The summed E-state index contributed by atoms with van der Waals surface area (Å²) in [6, 6.07) is 0. The van der Waals surface area contributed by atoms with Crippen LogP contribution in [0, 0.1) is 22.7 Å². The van der Waals surface area contributed by atoms with Gasteiger partial charge in [0.2, 0.25) is 5.91 Å². The van der Waals surface area contributed by atoms with Crippen molar-refractivity contribution in [3.05, 3.63) is 0 Å². The van der Waals surface area contributed by atoms with Crippen LogP contribution in [0.1, 0.15) is 45.4 Å². The van der Waals surface area contributed by atoms with Gasteiger partial charge in [-0.25, -0.2) is 5.84 Å². The maximum Gasteiger partial charge on any atom is 0.240 e. The minimum absolute atomic E-state index is 0.0998. The van der Waals surface area contributed by atoms with Crippen LogP contribution in [0.15, 0.2) is 0 Å². The number of hydrazine groups is 1. The Morgan fingerprint density at radius 3 is 2.33 bits per heavy atom. The van der Waals surface area contributed by atoms with Crippen LogP contribution < -0.4 is 11.3 Å². The van der Waals surface area contributed by atoms with E-state index in [0.29, 0.717) is 5.41 Å². The van der Waals surface area contributed by atoms with Crippen molar-refractivity contribution in [2.45, 2.75) is 45.4 Å². The van der Waals surface area contributed by atoms with Crippen molar-refractivity contribution < 1.29 is 4.79 Å². The van der Waals surface area contributed by atoms with E-state index in [4.69, 9.17) is 5.84 Å². The fourth-order valence-electron chi connectivity index (χ4n) is 5.14. The van der Waals surface area contributed by atoms with E-state index in [9.17, 15) is 4.79 Å². The minimum Gasteiger partial charge on any atom is -0.294 e. The lowest BCUT2D eigenvalue weighted by Crippen LogP contribution is -2.57. The van der Waals surface area contributed by atoms with Crippen molar-refractivity contribution in [2.24, 2.45) is 28.5 Å². The smallest absolute Gasteiger partial charge is 0.240 e. The van der Waals surface area contributed by atoms with Crippen LogP contribution in [0.2, 0.25) is 0 Å². The van der Waals surface area contributed by atoms with Crippen molar-refractivity contribution >= 4 is 5.91 Å². The maximum absolute atomic E-state index is 12.0. The van der Waals surface area contributed by atoms with E-state index in [1.54, 1.807) is 0 Å². The normalized spacial score (nSPS) is 51.9. The van der Waals surface area contributed by atoms with Crippen molar-refractivity contribution in [3.8, 4) is 0 Å². The number of nitrogens with one attached hydrogen (secondary N) is 1.